The molecule has 0 unspecified atom stereocenters. The van der Waals surface area contributed by atoms with Gasteiger partial charge in [0.25, 0.3) is 0 Å². The largest absolute Gasteiger partial charge is 0.513 e. The van der Waals surface area contributed by atoms with Crippen LogP contribution in [0.15, 0.2) is 24.0 Å². The summed E-state index contributed by atoms with van der Waals surface area (Å²) in [5.74, 6) is -0.706. The van der Waals surface area contributed by atoms with Gasteiger partial charge in [-0.2, -0.15) is 0 Å². The van der Waals surface area contributed by atoms with Crippen molar-refractivity contribution in [3.63, 3.8) is 0 Å². The van der Waals surface area contributed by atoms with Gasteiger partial charge in [0.2, 0.25) is 0 Å². The Balaban J connectivity index is 2.85. The molecule has 5 heteroatoms. The van der Waals surface area contributed by atoms with Gasteiger partial charge in [0.15, 0.2) is 5.83 Å². The summed E-state index contributed by atoms with van der Waals surface area (Å²) in [6.07, 6.45) is 1.35. The lowest BCUT2D eigenvalue weighted by Gasteiger charge is -2.10. The quantitative estimate of drug-likeness (QED) is 0.434. The van der Waals surface area contributed by atoms with E-state index >= 15 is 0 Å². The topological polar surface area (TPSA) is 61.4 Å². The van der Waals surface area contributed by atoms with Crippen molar-refractivity contribution in [2.24, 2.45) is 0 Å². The van der Waals surface area contributed by atoms with Crippen molar-refractivity contribution in [2.45, 2.75) is 0 Å². The van der Waals surface area contributed by atoms with Crippen LogP contribution in [0.3, 0.4) is 0 Å². The molecule has 0 fully saturated rings. The summed E-state index contributed by atoms with van der Waals surface area (Å²) in [5.41, 5.74) is -0.233. The predicted octanol–water partition coefficient (Wildman–Crippen LogP) is 0.510. The summed E-state index contributed by atoms with van der Waals surface area (Å²) in [5, 5.41) is 12.4. The standard InChI is InChI=1S/C5H5FN2O2/c6-3-1-7-5(10)8-4(3)2-9/h1-2,9H,(H2,7,8,10)/b4-2+. The predicted molar refractivity (Wildman–Crippen MR) is 31.6 cm³/mol. The van der Waals surface area contributed by atoms with Crippen LogP contribution in [-0.2, 0) is 0 Å². The molecule has 54 valence electrons. The fraction of sp³-hybridized carbons (Fsp3) is 0. The van der Waals surface area contributed by atoms with E-state index in [1.165, 1.54) is 0 Å². The molecule has 2 amide bonds. The zero-order chi connectivity index (χ0) is 7.56. The third kappa shape index (κ3) is 1.07. The van der Waals surface area contributed by atoms with Crippen molar-refractivity contribution in [2.75, 3.05) is 0 Å². The lowest BCUT2D eigenvalue weighted by molar-refractivity contribution is 0.244. The molecule has 4 nitrogen and oxygen atoms in total. The Bertz CT molecular complexity index is 222. The molecule has 1 aliphatic rings. The monoisotopic (exact) mass is 144 g/mol. The number of urea groups is 1. The van der Waals surface area contributed by atoms with E-state index in [4.69, 9.17) is 5.11 Å². The van der Waals surface area contributed by atoms with Gasteiger partial charge in [0.05, 0.1) is 0 Å². The average Bonchev–Trinajstić information content (AvgIpc) is 1.94. The van der Waals surface area contributed by atoms with Crippen LogP contribution >= 0.6 is 0 Å². The lowest BCUT2D eigenvalue weighted by Crippen LogP contribution is -2.36. The van der Waals surface area contributed by atoms with Gasteiger partial charge < -0.3 is 15.7 Å². The first-order chi connectivity index (χ1) is 4.74. The Morgan fingerprint density at radius 2 is 2.40 bits per heavy atom. The summed E-state index contributed by atoms with van der Waals surface area (Å²) in [4.78, 5) is 10.4. The lowest BCUT2D eigenvalue weighted by atomic mass is 10.4. The summed E-state index contributed by atoms with van der Waals surface area (Å²) in [6, 6.07) is -0.568. The maximum Gasteiger partial charge on any atom is 0.323 e. The number of allylic oxidation sites excluding steroid dienone is 1. The van der Waals surface area contributed by atoms with Crippen molar-refractivity contribution in [1.82, 2.24) is 10.6 Å². The van der Waals surface area contributed by atoms with Crippen LogP contribution in [-0.4, -0.2) is 11.1 Å². The van der Waals surface area contributed by atoms with Crippen LogP contribution in [0.4, 0.5) is 9.18 Å². The maximum absolute atomic E-state index is 12.4. The number of rotatable bonds is 0. The maximum atomic E-state index is 12.4. The van der Waals surface area contributed by atoms with Gasteiger partial charge in [-0.1, -0.05) is 0 Å². The van der Waals surface area contributed by atoms with Crippen LogP contribution in [0.1, 0.15) is 0 Å². The molecule has 0 aromatic rings. The minimum atomic E-state index is -0.706. The fourth-order valence-corrected chi connectivity index (χ4v) is 0.519. The highest BCUT2D eigenvalue weighted by atomic mass is 19.1. The van der Waals surface area contributed by atoms with Crippen LogP contribution in [0.2, 0.25) is 0 Å². The normalized spacial score (nSPS) is 21.5. The highest BCUT2D eigenvalue weighted by Crippen LogP contribution is 2.08. The van der Waals surface area contributed by atoms with Crippen LogP contribution in [0.5, 0.6) is 0 Å². The number of carbonyl (C=O) groups is 1. The minimum absolute atomic E-state index is 0.233. The molecule has 3 N–H and O–H groups in total. The molecule has 1 rings (SSSR count). The summed E-state index contributed by atoms with van der Waals surface area (Å²) in [7, 11) is 0. The van der Waals surface area contributed by atoms with Gasteiger partial charge in [-0.25, -0.2) is 9.18 Å². The van der Waals surface area contributed by atoms with Gasteiger partial charge >= 0.3 is 6.03 Å². The van der Waals surface area contributed by atoms with Gasteiger partial charge in [-0.15, -0.1) is 0 Å². The highest BCUT2D eigenvalue weighted by molar-refractivity contribution is 5.79. The second kappa shape index (κ2) is 2.38. The average molecular weight is 144 g/mol. The first-order valence-electron chi connectivity index (χ1n) is 2.52. The third-order valence-corrected chi connectivity index (χ3v) is 0.965. The minimum Gasteiger partial charge on any atom is -0.513 e. The van der Waals surface area contributed by atoms with Crippen molar-refractivity contribution in [3.8, 4) is 0 Å². The Kier molecular flexibility index (Phi) is 1.57. The summed E-state index contributed by atoms with van der Waals surface area (Å²) in [6.45, 7) is 0. The molecule has 1 heterocycles. The number of aliphatic hydroxyl groups excluding tert-OH is 1. The second-order valence-electron chi connectivity index (χ2n) is 1.63. The zero-order valence-corrected chi connectivity index (χ0v) is 4.89. The molecule has 0 spiro atoms. The van der Waals surface area contributed by atoms with E-state index in [0.717, 1.165) is 6.20 Å². The first kappa shape index (κ1) is 6.60. The second-order valence-corrected chi connectivity index (χ2v) is 1.63. The number of nitrogens with one attached hydrogen (secondary N) is 2. The van der Waals surface area contributed by atoms with Gasteiger partial charge in [-0.05, 0) is 0 Å². The first-order valence-corrected chi connectivity index (χ1v) is 2.52. The van der Waals surface area contributed by atoms with Gasteiger partial charge in [-0.3, -0.25) is 0 Å². The smallest absolute Gasteiger partial charge is 0.323 e. The Labute approximate surface area is 56.0 Å². The molecule has 0 atom stereocenters. The molecule has 0 aromatic carbocycles. The number of hydrogen-bond acceptors (Lipinski definition) is 2. The highest BCUT2D eigenvalue weighted by Gasteiger charge is 2.13. The number of hydrogen-bond donors (Lipinski definition) is 3. The van der Waals surface area contributed by atoms with E-state index in [1.54, 1.807) is 0 Å². The number of aliphatic hydroxyl groups is 1. The molecule has 0 aliphatic carbocycles. The van der Waals surface area contributed by atoms with Crippen LogP contribution < -0.4 is 10.6 Å². The van der Waals surface area contributed by atoms with E-state index in [-0.39, 0.29) is 5.70 Å². The van der Waals surface area contributed by atoms with Crippen molar-refractivity contribution in [3.05, 3.63) is 24.0 Å². The number of carbonyl (C=O) groups excluding carboxylic acids is 1. The molecular formula is C5H5FN2O2. The molecule has 0 saturated carbocycles. The fourth-order valence-electron chi connectivity index (χ4n) is 0.519. The summed E-state index contributed by atoms with van der Waals surface area (Å²) >= 11 is 0. The molecular weight excluding hydrogens is 139 g/mol. The van der Waals surface area contributed by atoms with E-state index in [1.807, 2.05) is 5.32 Å². The number of halogens is 1. The van der Waals surface area contributed by atoms with Crippen LogP contribution in [0, 0.1) is 0 Å². The number of amides is 2. The molecule has 0 aromatic heterocycles. The molecule has 0 saturated heterocycles. The van der Waals surface area contributed by atoms with Gasteiger partial charge in [0.1, 0.15) is 12.0 Å². The van der Waals surface area contributed by atoms with Crippen molar-refractivity contribution < 1.29 is 14.3 Å². The SMILES string of the molecule is O=C1NC=C(F)/C(=C\O)N1. The zero-order valence-electron chi connectivity index (χ0n) is 4.89. The van der Waals surface area contributed by atoms with Crippen molar-refractivity contribution >= 4 is 6.03 Å². The van der Waals surface area contributed by atoms with Crippen LogP contribution in [0.25, 0.3) is 0 Å². The Morgan fingerprint density at radius 3 is 2.90 bits per heavy atom. The Hall–Kier alpha value is -1.52. The van der Waals surface area contributed by atoms with Gasteiger partial charge in [0, 0.05) is 6.20 Å². The molecule has 0 bridgehead atoms. The van der Waals surface area contributed by atoms with E-state index in [0.29, 0.717) is 6.26 Å². The van der Waals surface area contributed by atoms with Crippen molar-refractivity contribution in [1.29, 1.82) is 0 Å². The third-order valence-electron chi connectivity index (χ3n) is 0.965. The van der Waals surface area contributed by atoms with E-state index in [2.05, 4.69) is 5.32 Å². The molecule has 1 aliphatic heterocycles. The summed E-state index contributed by atoms with van der Waals surface area (Å²) < 4.78 is 12.4. The Morgan fingerprint density at radius 1 is 1.70 bits per heavy atom. The molecule has 10 heavy (non-hydrogen) atoms. The van der Waals surface area contributed by atoms with E-state index < -0.39 is 11.9 Å². The molecule has 0 radical (unpaired) electrons. The van der Waals surface area contributed by atoms with E-state index in [9.17, 15) is 9.18 Å².